The zero-order valence-corrected chi connectivity index (χ0v) is 23.2. The lowest BCUT2D eigenvalue weighted by Gasteiger charge is -2.35. The van der Waals surface area contributed by atoms with Crippen molar-refractivity contribution in [1.29, 1.82) is 0 Å². The van der Waals surface area contributed by atoms with Gasteiger partial charge in [0.2, 0.25) is 0 Å². The fraction of sp³-hybridized carbons (Fsp3) is 0.367. The number of piperidine rings is 1. The Morgan fingerprint density at radius 1 is 1.00 bits per heavy atom. The van der Waals surface area contributed by atoms with Crippen molar-refractivity contribution in [2.45, 2.75) is 50.3 Å². The molecule has 1 atom stereocenters. The lowest BCUT2D eigenvalue weighted by Crippen LogP contribution is -2.50. The lowest BCUT2D eigenvalue weighted by atomic mass is 10.0. The topological polar surface area (TPSA) is 88.2 Å². The lowest BCUT2D eigenvalue weighted by molar-refractivity contribution is -0.127. The number of amides is 1. The molecule has 1 fully saturated rings. The number of ether oxygens (including phenoxy) is 2. The Bertz CT molecular complexity index is 1420. The first kappa shape index (κ1) is 27.0. The molecule has 0 bridgehead atoms. The van der Waals surface area contributed by atoms with Gasteiger partial charge in [-0.2, -0.15) is 0 Å². The highest BCUT2D eigenvalue weighted by atomic mass is 32.2. The smallest absolute Gasteiger partial charge is 0.264 e. The number of rotatable bonds is 8. The van der Waals surface area contributed by atoms with E-state index in [2.05, 4.69) is 16.3 Å². The number of hydrogen-bond donors (Lipinski definition) is 1. The van der Waals surface area contributed by atoms with Crippen LogP contribution < -0.4 is 19.1 Å². The molecule has 3 aromatic carbocycles. The van der Waals surface area contributed by atoms with Crippen molar-refractivity contribution >= 4 is 21.6 Å². The maximum atomic E-state index is 13.7. The Morgan fingerprint density at radius 3 is 2.44 bits per heavy atom. The van der Waals surface area contributed by atoms with E-state index in [0.717, 1.165) is 30.8 Å². The largest absolute Gasteiger partial charge is 0.497 e. The molecule has 1 N–H and O–H groups in total. The average molecular weight is 550 g/mol. The molecule has 3 aromatic rings. The van der Waals surface area contributed by atoms with Crippen molar-refractivity contribution in [1.82, 2.24) is 10.2 Å². The number of sulfonamides is 1. The number of hydrogen-bond acceptors (Lipinski definition) is 6. The molecule has 0 saturated carbocycles. The number of methoxy groups -OCH3 is 1. The van der Waals surface area contributed by atoms with Crippen LogP contribution in [0.15, 0.2) is 71.6 Å². The van der Waals surface area contributed by atoms with E-state index in [4.69, 9.17) is 9.47 Å². The number of anilines is 1. The Kier molecular flexibility index (Phi) is 8.09. The van der Waals surface area contributed by atoms with Gasteiger partial charge in [-0.25, -0.2) is 8.42 Å². The SMILES string of the molecule is COc1ccc(S(=O)(=O)N2C[C@H](C(=O)NCc3ccccc3CN3CCCCC3)Oc3ccc(C)cc32)cc1. The summed E-state index contributed by atoms with van der Waals surface area (Å²) in [5.74, 6) is 0.559. The van der Waals surface area contributed by atoms with Gasteiger partial charge in [0, 0.05) is 13.1 Å². The van der Waals surface area contributed by atoms with E-state index in [9.17, 15) is 13.2 Å². The van der Waals surface area contributed by atoms with E-state index in [1.165, 1.54) is 48.4 Å². The van der Waals surface area contributed by atoms with Crippen LogP contribution in [0.3, 0.4) is 0 Å². The number of aryl methyl sites for hydroxylation is 1. The van der Waals surface area contributed by atoms with Crippen LogP contribution in [0.25, 0.3) is 0 Å². The average Bonchev–Trinajstić information content (AvgIpc) is 2.96. The Morgan fingerprint density at radius 2 is 1.72 bits per heavy atom. The van der Waals surface area contributed by atoms with E-state index >= 15 is 0 Å². The summed E-state index contributed by atoms with van der Waals surface area (Å²) >= 11 is 0. The van der Waals surface area contributed by atoms with Crippen LogP contribution in [0.1, 0.15) is 36.0 Å². The van der Waals surface area contributed by atoms with Gasteiger partial charge in [-0.05, 0) is 85.9 Å². The minimum Gasteiger partial charge on any atom is -0.497 e. The third kappa shape index (κ3) is 6.04. The van der Waals surface area contributed by atoms with Crippen molar-refractivity contribution in [3.05, 3.63) is 83.4 Å². The van der Waals surface area contributed by atoms with Crippen molar-refractivity contribution in [3.8, 4) is 11.5 Å². The number of fused-ring (bicyclic) bond motifs is 1. The first-order valence-electron chi connectivity index (χ1n) is 13.4. The molecule has 1 amide bonds. The Balaban J connectivity index is 1.34. The molecule has 8 nitrogen and oxygen atoms in total. The third-order valence-electron chi connectivity index (χ3n) is 7.34. The molecule has 0 radical (unpaired) electrons. The fourth-order valence-corrected chi connectivity index (χ4v) is 6.61. The molecule has 2 aliphatic rings. The molecule has 2 aliphatic heterocycles. The number of nitrogens with one attached hydrogen (secondary N) is 1. The summed E-state index contributed by atoms with van der Waals surface area (Å²) < 4.78 is 40.0. The Hall–Kier alpha value is -3.56. The zero-order valence-electron chi connectivity index (χ0n) is 22.4. The zero-order chi connectivity index (χ0) is 27.4. The summed E-state index contributed by atoms with van der Waals surface area (Å²) in [5.41, 5.74) is 3.54. The van der Waals surface area contributed by atoms with Crippen LogP contribution in [0.2, 0.25) is 0 Å². The van der Waals surface area contributed by atoms with E-state index < -0.39 is 16.1 Å². The summed E-state index contributed by atoms with van der Waals surface area (Å²) in [4.78, 5) is 15.9. The predicted molar refractivity (Wildman–Crippen MR) is 151 cm³/mol. The van der Waals surface area contributed by atoms with E-state index in [0.29, 0.717) is 23.7 Å². The van der Waals surface area contributed by atoms with Gasteiger partial charge in [-0.1, -0.05) is 36.8 Å². The molecule has 9 heteroatoms. The first-order valence-corrected chi connectivity index (χ1v) is 14.8. The van der Waals surface area contributed by atoms with Crippen LogP contribution in [0, 0.1) is 6.92 Å². The summed E-state index contributed by atoms with van der Waals surface area (Å²) in [6.07, 6.45) is 2.72. The van der Waals surface area contributed by atoms with Gasteiger partial charge in [0.15, 0.2) is 6.10 Å². The standard InChI is InChI=1S/C30H35N3O5S/c1-22-10-15-28-27(18-22)33(39(35,36)26-13-11-25(37-2)12-14-26)21-29(38-28)30(34)31-19-23-8-4-5-9-24(23)20-32-16-6-3-7-17-32/h4-5,8-15,18,29H,3,6-7,16-17,19-21H2,1-2H3,(H,31,34)/t29-/m1/s1. The van der Waals surface area contributed by atoms with Gasteiger partial charge >= 0.3 is 0 Å². The van der Waals surface area contributed by atoms with Crippen molar-refractivity contribution < 1.29 is 22.7 Å². The van der Waals surface area contributed by atoms with Crippen LogP contribution in [-0.2, 0) is 27.9 Å². The maximum Gasteiger partial charge on any atom is 0.264 e. The van der Waals surface area contributed by atoms with Crippen LogP contribution in [0.4, 0.5) is 5.69 Å². The molecule has 0 unspecified atom stereocenters. The molecular weight excluding hydrogens is 514 g/mol. The Labute approximate surface area is 230 Å². The molecule has 2 heterocycles. The predicted octanol–water partition coefficient (Wildman–Crippen LogP) is 4.26. The summed E-state index contributed by atoms with van der Waals surface area (Å²) in [6, 6.07) is 19.7. The van der Waals surface area contributed by atoms with E-state index in [1.807, 2.05) is 31.2 Å². The number of benzene rings is 3. The van der Waals surface area contributed by atoms with Gasteiger partial charge in [0.1, 0.15) is 11.5 Å². The second-order valence-electron chi connectivity index (χ2n) is 10.1. The monoisotopic (exact) mass is 549 g/mol. The highest BCUT2D eigenvalue weighted by Crippen LogP contribution is 2.38. The molecule has 0 spiro atoms. The van der Waals surface area contributed by atoms with E-state index in [1.54, 1.807) is 24.3 Å². The van der Waals surface area contributed by atoms with Crippen LogP contribution >= 0.6 is 0 Å². The minimum atomic E-state index is -3.96. The fourth-order valence-electron chi connectivity index (χ4n) is 5.14. The van der Waals surface area contributed by atoms with E-state index in [-0.39, 0.29) is 17.3 Å². The van der Waals surface area contributed by atoms with Crippen LogP contribution in [0.5, 0.6) is 11.5 Å². The van der Waals surface area contributed by atoms with Gasteiger partial charge in [-0.15, -0.1) is 0 Å². The molecular formula is C30H35N3O5S. The van der Waals surface area contributed by atoms with Crippen molar-refractivity contribution in [3.63, 3.8) is 0 Å². The number of nitrogens with zero attached hydrogens (tertiary/aromatic N) is 2. The number of carbonyl (C=O) groups excluding carboxylic acids is 1. The van der Waals surface area contributed by atoms with Gasteiger partial charge in [0.25, 0.3) is 15.9 Å². The molecule has 0 aliphatic carbocycles. The third-order valence-corrected chi connectivity index (χ3v) is 9.13. The highest BCUT2D eigenvalue weighted by molar-refractivity contribution is 7.92. The normalized spacial score (nSPS) is 17.7. The van der Waals surface area contributed by atoms with Crippen LogP contribution in [-0.4, -0.2) is 52.1 Å². The second kappa shape index (κ2) is 11.7. The number of likely N-dealkylation sites (tertiary alicyclic amines) is 1. The van der Waals surface area contributed by atoms with Gasteiger partial charge < -0.3 is 14.8 Å². The summed E-state index contributed by atoms with van der Waals surface area (Å²) in [7, 11) is -2.43. The minimum absolute atomic E-state index is 0.114. The maximum absolute atomic E-state index is 13.7. The molecule has 0 aromatic heterocycles. The quantitative estimate of drug-likeness (QED) is 0.452. The second-order valence-corrected chi connectivity index (χ2v) is 12.0. The molecule has 1 saturated heterocycles. The van der Waals surface area contributed by atoms with Gasteiger partial charge in [-0.3, -0.25) is 14.0 Å². The van der Waals surface area contributed by atoms with Crippen molar-refractivity contribution in [2.75, 3.05) is 31.0 Å². The first-order chi connectivity index (χ1) is 18.8. The number of carbonyl (C=O) groups is 1. The molecule has 206 valence electrons. The van der Waals surface area contributed by atoms with Crippen molar-refractivity contribution in [2.24, 2.45) is 0 Å². The van der Waals surface area contributed by atoms with Gasteiger partial charge in [0.05, 0.1) is 24.2 Å². The molecule has 5 rings (SSSR count). The molecule has 39 heavy (non-hydrogen) atoms. The summed E-state index contributed by atoms with van der Waals surface area (Å²) in [6.45, 7) is 5.13. The summed E-state index contributed by atoms with van der Waals surface area (Å²) in [5, 5.41) is 2.99. The highest BCUT2D eigenvalue weighted by Gasteiger charge is 2.37.